The fourth-order valence-electron chi connectivity index (χ4n) is 1.52. The van der Waals surface area contributed by atoms with Crippen LogP contribution in [0.1, 0.15) is 12.5 Å². The van der Waals surface area contributed by atoms with Crippen LogP contribution in [0.15, 0.2) is 30.3 Å². The van der Waals surface area contributed by atoms with E-state index in [0.29, 0.717) is 19.5 Å². The van der Waals surface area contributed by atoms with E-state index in [0.717, 1.165) is 5.56 Å². The second kappa shape index (κ2) is 7.45. The summed E-state index contributed by atoms with van der Waals surface area (Å²) in [4.78, 5) is 22.3. The average Bonchev–Trinajstić information content (AvgIpc) is 2.35. The zero-order chi connectivity index (χ0) is 13.4. The summed E-state index contributed by atoms with van der Waals surface area (Å²) >= 11 is 0. The Morgan fingerprint density at radius 1 is 1.17 bits per heavy atom. The zero-order valence-corrected chi connectivity index (χ0v) is 10.5. The molecule has 1 rings (SSSR count). The lowest BCUT2D eigenvalue weighted by Crippen LogP contribution is -2.44. The van der Waals surface area contributed by atoms with Crippen molar-refractivity contribution >= 4 is 11.8 Å². The van der Waals surface area contributed by atoms with Gasteiger partial charge in [-0.05, 0) is 12.0 Å². The normalized spacial score (nSPS) is 11.7. The van der Waals surface area contributed by atoms with Gasteiger partial charge >= 0.3 is 0 Å². The highest BCUT2D eigenvalue weighted by molar-refractivity contribution is 5.81. The van der Waals surface area contributed by atoms with Crippen molar-refractivity contribution in [3.8, 4) is 0 Å². The molecule has 2 amide bonds. The lowest BCUT2D eigenvalue weighted by molar-refractivity contribution is -0.123. The van der Waals surface area contributed by atoms with E-state index < -0.39 is 6.04 Å². The summed E-state index contributed by atoms with van der Waals surface area (Å²) in [6.45, 7) is 2.24. The molecule has 18 heavy (non-hydrogen) atoms. The van der Waals surface area contributed by atoms with Gasteiger partial charge in [-0.1, -0.05) is 30.3 Å². The molecule has 1 aromatic rings. The summed E-state index contributed by atoms with van der Waals surface area (Å²) in [5, 5.41) is 5.27. The standard InChI is InChI=1S/C13H19N3O2/c1-10(17)15-7-8-16-13(18)12(14)9-11-5-3-2-4-6-11/h2-6,12H,7-9,14H2,1H3,(H,15,17)(H,16,18)/t12-/m1/s1. The maximum absolute atomic E-state index is 11.6. The van der Waals surface area contributed by atoms with Gasteiger partial charge in [0.2, 0.25) is 11.8 Å². The minimum absolute atomic E-state index is 0.113. The van der Waals surface area contributed by atoms with Crippen molar-refractivity contribution in [1.29, 1.82) is 0 Å². The Hall–Kier alpha value is -1.88. The van der Waals surface area contributed by atoms with Crippen molar-refractivity contribution in [2.45, 2.75) is 19.4 Å². The molecule has 0 radical (unpaired) electrons. The molecule has 0 fully saturated rings. The van der Waals surface area contributed by atoms with Crippen molar-refractivity contribution in [2.24, 2.45) is 5.73 Å². The Morgan fingerprint density at radius 2 is 1.78 bits per heavy atom. The molecular weight excluding hydrogens is 230 g/mol. The fourth-order valence-corrected chi connectivity index (χ4v) is 1.52. The van der Waals surface area contributed by atoms with Crippen LogP contribution in [-0.4, -0.2) is 30.9 Å². The van der Waals surface area contributed by atoms with E-state index >= 15 is 0 Å². The predicted molar refractivity (Wildman–Crippen MR) is 69.8 cm³/mol. The highest BCUT2D eigenvalue weighted by Crippen LogP contribution is 2.01. The van der Waals surface area contributed by atoms with E-state index in [9.17, 15) is 9.59 Å². The molecule has 0 aliphatic rings. The number of amides is 2. The number of rotatable bonds is 6. The molecule has 98 valence electrons. The minimum atomic E-state index is -0.565. The number of hydrogen-bond donors (Lipinski definition) is 3. The lowest BCUT2D eigenvalue weighted by atomic mass is 10.1. The molecule has 0 saturated heterocycles. The fraction of sp³-hybridized carbons (Fsp3) is 0.385. The van der Waals surface area contributed by atoms with Crippen molar-refractivity contribution in [3.63, 3.8) is 0 Å². The van der Waals surface area contributed by atoms with Crippen molar-refractivity contribution in [2.75, 3.05) is 13.1 Å². The van der Waals surface area contributed by atoms with E-state index in [4.69, 9.17) is 5.73 Å². The van der Waals surface area contributed by atoms with Gasteiger partial charge in [0.1, 0.15) is 0 Å². The van der Waals surface area contributed by atoms with Gasteiger partial charge in [0.15, 0.2) is 0 Å². The van der Waals surface area contributed by atoms with Crippen LogP contribution in [-0.2, 0) is 16.0 Å². The molecule has 5 heteroatoms. The number of carbonyl (C=O) groups is 2. The summed E-state index contributed by atoms with van der Waals surface area (Å²) in [5.41, 5.74) is 6.82. The van der Waals surface area contributed by atoms with Gasteiger partial charge in [0.05, 0.1) is 6.04 Å². The van der Waals surface area contributed by atoms with Gasteiger partial charge in [0.25, 0.3) is 0 Å². The SMILES string of the molecule is CC(=O)NCCNC(=O)[C@H](N)Cc1ccccc1. The Bertz CT molecular complexity index is 392. The first-order valence-corrected chi connectivity index (χ1v) is 5.91. The number of carbonyl (C=O) groups excluding carboxylic acids is 2. The van der Waals surface area contributed by atoms with E-state index in [1.165, 1.54) is 6.92 Å². The van der Waals surface area contributed by atoms with Crippen LogP contribution in [0.2, 0.25) is 0 Å². The molecule has 1 atom stereocenters. The summed E-state index contributed by atoms with van der Waals surface area (Å²) in [6.07, 6.45) is 0.507. The first-order chi connectivity index (χ1) is 8.59. The molecule has 0 aromatic heterocycles. The van der Waals surface area contributed by atoms with Crippen LogP contribution in [0.25, 0.3) is 0 Å². The number of benzene rings is 1. The first kappa shape index (κ1) is 14.2. The molecule has 0 aliphatic heterocycles. The van der Waals surface area contributed by atoms with Gasteiger partial charge in [-0.15, -0.1) is 0 Å². The largest absolute Gasteiger partial charge is 0.355 e. The van der Waals surface area contributed by atoms with Crippen molar-refractivity contribution < 1.29 is 9.59 Å². The number of nitrogens with one attached hydrogen (secondary N) is 2. The van der Waals surface area contributed by atoms with Gasteiger partial charge in [-0.25, -0.2) is 0 Å². The number of nitrogens with two attached hydrogens (primary N) is 1. The molecule has 0 heterocycles. The smallest absolute Gasteiger partial charge is 0.237 e. The highest BCUT2D eigenvalue weighted by Gasteiger charge is 2.12. The summed E-state index contributed by atoms with van der Waals surface area (Å²) in [5.74, 6) is -0.318. The Balaban J connectivity index is 2.27. The topological polar surface area (TPSA) is 84.2 Å². The second-order valence-electron chi connectivity index (χ2n) is 4.07. The van der Waals surface area contributed by atoms with Crippen molar-refractivity contribution in [1.82, 2.24) is 10.6 Å². The third-order valence-electron chi connectivity index (χ3n) is 2.43. The third kappa shape index (κ3) is 5.45. The van der Waals surface area contributed by atoms with E-state index in [2.05, 4.69) is 10.6 Å². The highest BCUT2D eigenvalue weighted by atomic mass is 16.2. The van der Waals surface area contributed by atoms with Crippen LogP contribution in [0.5, 0.6) is 0 Å². The second-order valence-corrected chi connectivity index (χ2v) is 4.07. The molecular formula is C13H19N3O2. The Kier molecular flexibility index (Phi) is 5.87. The summed E-state index contributed by atoms with van der Waals surface area (Å²) in [7, 11) is 0. The van der Waals surface area contributed by atoms with E-state index in [-0.39, 0.29) is 11.8 Å². The molecule has 0 saturated carbocycles. The zero-order valence-electron chi connectivity index (χ0n) is 10.5. The molecule has 1 aromatic carbocycles. The maximum atomic E-state index is 11.6. The average molecular weight is 249 g/mol. The summed E-state index contributed by atoms with van der Waals surface area (Å²) in [6, 6.07) is 9.05. The van der Waals surface area contributed by atoms with E-state index in [1.807, 2.05) is 30.3 Å². The predicted octanol–water partition coefficient (Wildman–Crippen LogP) is -0.191. The molecule has 0 aliphatic carbocycles. The Morgan fingerprint density at radius 3 is 2.39 bits per heavy atom. The van der Waals surface area contributed by atoms with Crippen LogP contribution in [0.4, 0.5) is 0 Å². The molecule has 0 unspecified atom stereocenters. The molecule has 5 nitrogen and oxygen atoms in total. The molecule has 0 bridgehead atoms. The number of hydrogen-bond acceptors (Lipinski definition) is 3. The van der Waals surface area contributed by atoms with Gasteiger partial charge in [-0.2, -0.15) is 0 Å². The van der Waals surface area contributed by atoms with Gasteiger partial charge in [-0.3, -0.25) is 9.59 Å². The lowest BCUT2D eigenvalue weighted by Gasteiger charge is -2.12. The van der Waals surface area contributed by atoms with E-state index in [1.54, 1.807) is 0 Å². The third-order valence-corrected chi connectivity index (χ3v) is 2.43. The van der Waals surface area contributed by atoms with Crippen LogP contribution < -0.4 is 16.4 Å². The van der Waals surface area contributed by atoms with Crippen LogP contribution >= 0.6 is 0 Å². The quantitative estimate of drug-likeness (QED) is 0.611. The van der Waals surface area contributed by atoms with Gasteiger partial charge < -0.3 is 16.4 Å². The Labute approximate surface area is 107 Å². The van der Waals surface area contributed by atoms with Crippen LogP contribution in [0.3, 0.4) is 0 Å². The first-order valence-electron chi connectivity index (χ1n) is 5.91. The molecule has 0 spiro atoms. The van der Waals surface area contributed by atoms with Crippen LogP contribution in [0, 0.1) is 0 Å². The van der Waals surface area contributed by atoms with Crippen molar-refractivity contribution in [3.05, 3.63) is 35.9 Å². The van der Waals surface area contributed by atoms with Gasteiger partial charge in [0, 0.05) is 20.0 Å². The summed E-state index contributed by atoms with van der Waals surface area (Å²) < 4.78 is 0. The maximum Gasteiger partial charge on any atom is 0.237 e. The minimum Gasteiger partial charge on any atom is -0.355 e. The monoisotopic (exact) mass is 249 g/mol. The molecule has 4 N–H and O–H groups in total.